The number of carbonyl (C=O) groups is 2. The van der Waals surface area contributed by atoms with E-state index < -0.39 is 5.97 Å². The summed E-state index contributed by atoms with van der Waals surface area (Å²) in [6.07, 6.45) is 2.44. The first-order valence-electron chi connectivity index (χ1n) is 10.6. The minimum Gasteiger partial charge on any atom is -0.491 e. The Morgan fingerprint density at radius 1 is 1.29 bits per heavy atom. The predicted molar refractivity (Wildman–Crippen MR) is 115 cm³/mol. The molecule has 2 atom stereocenters. The van der Waals surface area contributed by atoms with E-state index in [1.807, 2.05) is 22.9 Å². The van der Waals surface area contributed by atoms with Gasteiger partial charge in [0.25, 0.3) is 0 Å². The second kappa shape index (κ2) is 8.00. The SMILES string of the molecule is COCCCOc1cccc2c3n(nc12)CC(C(C)(C)C)N1C=C(C(=O)O)C(=O)CC31. The molecular weight excluding hydrogens is 398 g/mol. The first-order chi connectivity index (χ1) is 14.7. The van der Waals surface area contributed by atoms with Gasteiger partial charge in [0, 0.05) is 38.1 Å². The Kier molecular flexibility index (Phi) is 5.51. The predicted octanol–water partition coefficient (Wildman–Crippen LogP) is 3.16. The number of benzene rings is 1. The smallest absolute Gasteiger partial charge is 0.340 e. The molecule has 3 heterocycles. The van der Waals surface area contributed by atoms with Crippen LogP contribution >= 0.6 is 0 Å². The maximum absolute atomic E-state index is 12.6. The summed E-state index contributed by atoms with van der Waals surface area (Å²) in [6.45, 7) is 8.12. The summed E-state index contributed by atoms with van der Waals surface area (Å²) in [6, 6.07) is 5.56. The maximum Gasteiger partial charge on any atom is 0.340 e. The topological polar surface area (TPSA) is 93.9 Å². The van der Waals surface area contributed by atoms with Crippen molar-refractivity contribution in [2.24, 2.45) is 5.41 Å². The van der Waals surface area contributed by atoms with Crippen molar-refractivity contribution in [1.29, 1.82) is 0 Å². The molecule has 8 heteroatoms. The average Bonchev–Trinajstić information content (AvgIpc) is 3.09. The molecule has 4 rings (SSSR count). The molecule has 1 aromatic heterocycles. The number of methoxy groups -OCH3 is 1. The summed E-state index contributed by atoms with van der Waals surface area (Å²) >= 11 is 0. The molecule has 2 aliphatic rings. The molecule has 1 aromatic carbocycles. The molecule has 31 heavy (non-hydrogen) atoms. The molecular formula is C23H29N3O5. The van der Waals surface area contributed by atoms with Gasteiger partial charge in [0.1, 0.15) is 16.8 Å². The molecule has 2 aliphatic heterocycles. The molecule has 0 aliphatic carbocycles. The minimum atomic E-state index is -1.17. The van der Waals surface area contributed by atoms with Crippen molar-refractivity contribution in [1.82, 2.24) is 14.7 Å². The van der Waals surface area contributed by atoms with Gasteiger partial charge in [0.05, 0.1) is 30.9 Å². The van der Waals surface area contributed by atoms with E-state index in [-0.39, 0.29) is 35.3 Å². The van der Waals surface area contributed by atoms with E-state index in [1.54, 1.807) is 13.3 Å². The van der Waals surface area contributed by atoms with Crippen LogP contribution in [-0.4, -0.2) is 57.9 Å². The first-order valence-corrected chi connectivity index (χ1v) is 10.6. The van der Waals surface area contributed by atoms with Gasteiger partial charge in [0.2, 0.25) is 0 Å². The number of carbonyl (C=O) groups excluding carboxylic acids is 1. The summed E-state index contributed by atoms with van der Waals surface area (Å²) in [5, 5.41) is 15.3. The van der Waals surface area contributed by atoms with Crippen molar-refractivity contribution in [3.63, 3.8) is 0 Å². The first kappa shape index (κ1) is 21.4. The zero-order valence-corrected chi connectivity index (χ0v) is 18.4. The van der Waals surface area contributed by atoms with E-state index in [2.05, 4.69) is 25.7 Å². The summed E-state index contributed by atoms with van der Waals surface area (Å²) in [5.41, 5.74) is 1.41. The standard InChI is InChI=1S/C23H29N3O5/c1-23(2,3)19-13-26-21(16-11-17(27)15(22(28)29)12-25(16)19)14-7-5-8-18(20(14)24-26)31-10-6-9-30-4/h5,7-8,12,16,19H,6,9-11,13H2,1-4H3,(H,28,29). The van der Waals surface area contributed by atoms with Crippen molar-refractivity contribution < 1.29 is 24.2 Å². The van der Waals surface area contributed by atoms with Crippen LogP contribution in [0.15, 0.2) is 30.0 Å². The molecule has 0 saturated carbocycles. The fourth-order valence-electron chi connectivity index (χ4n) is 4.54. The highest BCUT2D eigenvalue weighted by Gasteiger charge is 2.45. The third-order valence-corrected chi connectivity index (χ3v) is 6.09. The zero-order valence-electron chi connectivity index (χ0n) is 18.4. The molecule has 0 spiro atoms. The second-order valence-corrected chi connectivity index (χ2v) is 9.23. The van der Waals surface area contributed by atoms with Gasteiger partial charge in [-0.15, -0.1) is 0 Å². The van der Waals surface area contributed by atoms with Gasteiger partial charge in [-0.2, -0.15) is 5.10 Å². The third-order valence-electron chi connectivity index (χ3n) is 6.09. The summed E-state index contributed by atoms with van der Waals surface area (Å²) in [7, 11) is 1.66. The second-order valence-electron chi connectivity index (χ2n) is 9.23. The van der Waals surface area contributed by atoms with E-state index in [0.717, 1.165) is 23.0 Å². The van der Waals surface area contributed by atoms with Gasteiger partial charge in [0.15, 0.2) is 5.78 Å². The Hall–Kier alpha value is -2.87. The van der Waals surface area contributed by atoms with Gasteiger partial charge in [-0.3, -0.25) is 9.48 Å². The Bertz CT molecular complexity index is 1050. The lowest BCUT2D eigenvalue weighted by atomic mass is 9.81. The monoisotopic (exact) mass is 427 g/mol. The van der Waals surface area contributed by atoms with Crippen molar-refractivity contribution in [2.75, 3.05) is 20.3 Å². The number of Topliss-reactive ketones (excluding diaryl/α,β-unsaturated/α-hetero) is 1. The molecule has 8 nitrogen and oxygen atoms in total. The molecule has 2 aromatic rings. The number of ketones is 1. The molecule has 0 fully saturated rings. The summed E-state index contributed by atoms with van der Waals surface area (Å²) in [5.74, 6) is -0.818. The van der Waals surface area contributed by atoms with Crippen LogP contribution < -0.4 is 4.74 Å². The van der Waals surface area contributed by atoms with Crippen LogP contribution in [0.4, 0.5) is 0 Å². The number of nitrogens with zero attached hydrogens (tertiary/aromatic N) is 3. The number of carboxylic acids is 1. The molecule has 166 valence electrons. The Morgan fingerprint density at radius 3 is 2.74 bits per heavy atom. The van der Waals surface area contributed by atoms with Gasteiger partial charge in [-0.25, -0.2) is 4.79 Å². The lowest BCUT2D eigenvalue weighted by Gasteiger charge is -2.49. The van der Waals surface area contributed by atoms with Crippen LogP contribution in [-0.2, 0) is 20.9 Å². The number of rotatable bonds is 6. The van der Waals surface area contributed by atoms with E-state index in [9.17, 15) is 14.7 Å². The maximum atomic E-state index is 12.6. The molecule has 0 saturated heterocycles. The fraction of sp³-hybridized carbons (Fsp3) is 0.522. The highest BCUT2D eigenvalue weighted by molar-refractivity contribution is 6.17. The van der Waals surface area contributed by atoms with E-state index in [1.165, 1.54) is 0 Å². The van der Waals surface area contributed by atoms with Gasteiger partial charge in [-0.1, -0.05) is 32.9 Å². The van der Waals surface area contributed by atoms with Crippen LogP contribution in [0.5, 0.6) is 5.75 Å². The van der Waals surface area contributed by atoms with Crippen molar-refractivity contribution in [3.8, 4) is 5.75 Å². The summed E-state index contributed by atoms with van der Waals surface area (Å²) < 4.78 is 13.0. The Labute approximate surface area is 181 Å². The zero-order chi connectivity index (χ0) is 22.3. The van der Waals surface area contributed by atoms with Crippen molar-refractivity contribution >= 4 is 22.7 Å². The number of hydrogen-bond acceptors (Lipinski definition) is 6. The number of aromatic nitrogens is 2. The third kappa shape index (κ3) is 3.80. The van der Waals surface area contributed by atoms with Gasteiger partial charge < -0.3 is 19.5 Å². The fourth-order valence-corrected chi connectivity index (χ4v) is 4.54. The van der Waals surface area contributed by atoms with Crippen LogP contribution in [0.3, 0.4) is 0 Å². The van der Waals surface area contributed by atoms with E-state index in [0.29, 0.717) is 25.5 Å². The van der Waals surface area contributed by atoms with Crippen LogP contribution in [0.1, 0.15) is 45.3 Å². The van der Waals surface area contributed by atoms with Crippen molar-refractivity contribution in [2.45, 2.75) is 52.2 Å². The van der Waals surface area contributed by atoms with Crippen LogP contribution in [0.25, 0.3) is 10.9 Å². The van der Waals surface area contributed by atoms with Gasteiger partial charge >= 0.3 is 5.97 Å². The number of aliphatic carboxylic acids is 1. The molecule has 1 N–H and O–H groups in total. The lowest BCUT2D eigenvalue weighted by Crippen LogP contribution is -2.52. The highest BCUT2D eigenvalue weighted by Crippen LogP contribution is 2.45. The summed E-state index contributed by atoms with van der Waals surface area (Å²) in [4.78, 5) is 26.3. The Balaban J connectivity index is 1.80. The Morgan fingerprint density at radius 2 is 2.06 bits per heavy atom. The number of ether oxygens (including phenoxy) is 2. The quantitative estimate of drug-likeness (QED) is 0.559. The normalized spacial score (nSPS) is 21.0. The van der Waals surface area contributed by atoms with Crippen LogP contribution in [0, 0.1) is 5.41 Å². The van der Waals surface area contributed by atoms with Crippen molar-refractivity contribution in [3.05, 3.63) is 35.7 Å². The average molecular weight is 428 g/mol. The molecule has 0 amide bonds. The van der Waals surface area contributed by atoms with Crippen LogP contribution in [0.2, 0.25) is 0 Å². The molecule has 0 radical (unpaired) electrons. The lowest BCUT2D eigenvalue weighted by molar-refractivity contribution is -0.135. The minimum absolute atomic E-state index is 0.00664. The number of fused-ring (bicyclic) bond motifs is 5. The largest absolute Gasteiger partial charge is 0.491 e. The number of hydrogen-bond donors (Lipinski definition) is 1. The van der Waals surface area contributed by atoms with E-state index in [4.69, 9.17) is 14.6 Å². The highest BCUT2D eigenvalue weighted by atomic mass is 16.5. The van der Waals surface area contributed by atoms with Gasteiger partial charge in [-0.05, 0) is 11.5 Å². The van der Waals surface area contributed by atoms with E-state index >= 15 is 0 Å². The molecule has 0 bridgehead atoms. The molecule has 2 unspecified atom stereocenters. The number of carboxylic acid groups (broad SMARTS) is 1.